The number of carbonyl (C=O) groups is 1. The van der Waals surface area contributed by atoms with Crippen molar-refractivity contribution >= 4 is 33.7 Å². The number of fused-ring (bicyclic) bond motifs is 1. The molecule has 0 radical (unpaired) electrons. The number of aliphatic imine (C=N–C) groups is 1. The number of carboxylic acids is 1. The molecule has 8 heteroatoms. The number of aromatic carboxylic acids is 1. The van der Waals surface area contributed by atoms with Gasteiger partial charge in [0.1, 0.15) is 17.4 Å². The Morgan fingerprint density at radius 2 is 2.03 bits per heavy atom. The first-order valence-corrected chi connectivity index (χ1v) is 9.74. The summed E-state index contributed by atoms with van der Waals surface area (Å²) in [7, 11) is 0. The van der Waals surface area contributed by atoms with Crippen LogP contribution in [0, 0.1) is 0 Å². The molecule has 3 aromatic rings. The molecule has 0 saturated heterocycles. The third-order valence-corrected chi connectivity index (χ3v) is 6.26. The summed E-state index contributed by atoms with van der Waals surface area (Å²) in [6, 6.07) is 10.6. The zero-order chi connectivity index (χ0) is 20.8. The van der Waals surface area contributed by atoms with Gasteiger partial charge in [-0.05, 0) is 36.2 Å². The first-order valence-electron chi connectivity index (χ1n) is 8.86. The van der Waals surface area contributed by atoms with E-state index >= 15 is 0 Å². The summed E-state index contributed by atoms with van der Waals surface area (Å²) in [6.07, 6.45) is -2.82. The lowest BCUT2D eigenvalue weighted by Crippen LogP contribution is -2.06. The number of rotatable bonds is 4. The van der Waals surface area contributed by atoms with Crippen molar-refractivity contribution in [2.24, 2.45) is 4.99 Å². The predicted octanol–water partition coefficient (Wildman–Crippen LogP) is 5.97. The molecule has 0 fully saturated rings. The molecule has 150 valence electrons. The summed E-state index contributed by atoms with van der Waals surface area (Å²) >= 11 is 1.51. The van der Waals surface area contributed by atoms with Gasteiger partial charge in [0.2, 0.25) is 0 Å². The molecule has 0 aliphatic carbocycles. The van der Waals surface area contributed by atoms with E-state index < -0.39 is 17.7 Å². The molecule has 1 aliphatic rings. The van der Waals surface area contributed by atoms with Crippen molar-refractivity contribution in [1.29, 1.82) is 0 Å². The van der Waals surface area contributed by atoms with Gasteiger partial charge in [-0.3, -0.25) is 4.99 Å². The van der Waals surface area contributed by atoms with E-state index in [0.29, 0.717) is 23.0 Å². The summed E-state index contributed by atoms with van der Waals surface area (Å²) in [4.78, 5) is 15.8. The Bertz CT molecular complexity index is 1120. The Morgan fingerprint density at radius 3 is 2.76 bits per heavy atom. The van der Waals surface area contributed by atoms with Crippen molar-refractivity contribution < 1.29 is 27.5 Å². The fourth-order valence-electron chi connectivity index (χ4n) is 3.42. The van der Waals surface area contributed by atoms with Gasteiger partial charge in [0.25, 0.3) is 0 Å². The summed E-state index contributed by atoms with van der Waals surface area (Å²) in [5.74, 6) is -1.05. The molecule has 29 heavy (non-hydrogen) atoms. The van der Waals surface area contributed by atoms with Crippen molar-refractivity contribution in [2.75, 3.05) is 0 Å². The van der Waals surface area contributed by atoms with E-state index in [9.17, 15) is 23.1 Å². The van der Waals surface area contributed by atoms with Gasteiger partial charge < -0.3 is 9.52 Å². The molecule has 2 aromatic carbocycles. The van der Waals surface area contributed by atoms with Gasteiger partial charge in [-0.15, -0.1) is 11.8 Å². The highest BCUT2D eigenvalue weighted by Gasteiger charge is 2.32. The van der Waals surface area contributed by atoms with Gasteiger partial charge in [-0.2, -0.15) is 13.2 Å². The minimum Gasteiger partial charge on any atom is -0.478 e. The first kappa shape index (κ1) is 19.6. The van der Waals surface area contributed by atoms with E-state index in [1.165, 1.54) is 24.1 Å². The highest BCUT2D eigenvalue weighted by Crippen LogP contribution is 2.42. The predicted molar refractivity (Wildman–Crippen MR) is 106 cm³/mol. The summed E-state index contributed by atoms with van der Waals surface area (Å²) in [6.45, 7) is 1.95. The minimum atomic E-state index is -4.37. The molecule has 0 spiro atoms. The second-order valence-corrected chi connectivity index (χ2v) is 8.10. The van der Waals surface area contributed by atoms with Crippen LogP contribution in [-0.2, 0) is 12.6 Å². The number of carboxylic acid groups (broad SMARTS) is 1. The Kier molecular flexibility index (Phi) is 4.90. The SMILES string of the molecule is CC1N=C(Cc2cccc(C(F)(F)F)c2)SC1c1ccc2c(C(=O)O)coc2c1. The third kappa shape index (κ3) is 3.89. The normalized spacial score (nSPS) is 19.5. The number of nitrogens with zero attached hydrogens (tertiary/aromatic N) is 1. The van der Waals surface area contributed by atoms with Crippen molar-refractivity contribution in [3.8, 4) is 0 Å². The van der Waals surface area contributed by atoms with Gasteiger partial charge in [0.05, 0.1) is 21.9 Å². The molecule has 1 N–H and O–H groups in total. The maximum Gasteiger partial charge on any atom is 0.416 e. The van der Waals surface area contributed by atoms with E-state index in [4.69, 9.17) is 4.42 Å². The monoisotopic (exact) mass is 419 g/mol. The van der Waals surface area contributed by atoms with E-state index in [0.717, 1.165) is 22.7 Å². The molecule has 0 bridgehead atoms. The summed E-state index contributed by atoms with van der Waals surface area (Å²) in [5.41, 5.74) is 1.43. The van der Waals surface area contributed by atoms with E-state index in [2.05, 4.69) is 4.99 Å². The molecule has 2 unspecified atom stereocenters. The van der Waals surface area contributed by atoms with Crippen molar-refractivity contribution in [1.82, 2.24) is 0 Å². The van der Waals surface area contributed by atoms with E-state index in [1.807, 2.05) is 13.0 Å². The van der Waals surface area contributed by atoms with E-state index in [1.54, 1.807) is 18.2 Å². The lowest BCUT2D eigenvalue weighted by atomic mass is 10.0. The summed E-state index contributed by atoms with van der Waals surface area (Å²) < 4.78 is 44.2. The Labute approximate surface area is 168 Å². The highest BCUT2D eigenvalue weighted by molar-refractivity contribution is 8.14. The van der Waals surface area contributed by atoms with Crippen LogP contribution in [0.15, 0.2) is 58.1 Å². The Hall–Kier alpha value is -2.74. The van der Waals surface area contributed by atoms with E-state index in [-0.39, 0.29) is 16.9 Å². The second-order valence-electron chi connectivity index (χ2n) is 6.89. The van der Waals surface area contributed by atoms with Crippen LogP contribution in [0.25, 0.3) is 11.0 Å². The van der Waals surface area contributed by atoms with Gasteiger partial charge >= 0.3 is 12.1 Å². The zero-order valence-electron chi connectivity index (χ0n) is 15.2. The molecule has 2 atom stereocenters. The Morgan fingerprint density at radius 1 is 1.24 bits per heavy atom. The van der Waals surface area contributed by atoms with Gasteiger partial charge in [0, 0.05) is 11.8 Å². The van der Waals surface area contributed by atoms with Gasteiger partial charge in [-0.25, -0.2) is 4.79 Å². The fraction of sp³-hybridized carbons (Fsp3) is 0.238. The third-order valence-electron chi connectivity index (χ3n) is 4.82. The average Bonchev–Trinajstić information content (AvgIpc) is 3.24. The lowest BCUT2D eigenvalue weighted by molar-refractivity contribution is -0.137. The van der Waals surface area contributed by atoms with Crippen LogP contribution in [0.2, 0.25) is 0 Å². The number of furan rings is 1. The van der Waals surface area contributed by atoms with Crippen LogP contribution in [0.1, 0.15) is 39.2 Å². The second kappa shape index (κ2) is 7.26. The minimum absolute atomic E-state index is 0.0152. The highest BCUT2D eigenvalue weighted by atomic mass is 32.2. The fourth-order valence-corrected chi connectivity index (χ4v) is 4.73. The van der Waals surface area contributed by atoms with Crippen LogP contribution in [-0.4, -0.2) is 22.2 Å². The maximum atomic E-state index is 12.9. The topological polar surface area (TPSA) is 62.8 Å². The molecular weight excluding hydrogens is 403 g/mol. The van der Waals surface area contributed by atoms with Crippen LogP contribution in [0.4, 0.5) is 13.2 Å². The number of halogens is 3. The van der Waals surface area contributed by atoms with Crippen LogP contribution < -0.4 is 0 Å². The number of hydrogen-bond donors (Lipinski definition) is 1. The standard InChI is InChI=1S/C21H16F3NO3S/c1-11-19(13-5-6-15-16(20(26)27)10-28-17(15)9-13)29-18(25-11)8-12-3-2-4-14(7-12)21(22,23)24/h2-7,9-11,19H,8H2,1H3,(H,26,27). The van der Waals surface area contributed by atoms with Crippen molar-refractivity contribution in [3.05, 3.63) is 71.0 Å². The Balaban J connectivity index is 1.53. The maximum absolute atomic E-state index is 12.9. The molecule has 4 rings (SSSR count). The zero-order valence-corrected chi connectivity index (χ0v) is 16.1. The van der Waals surface area contributed by atoms with Crippen LogP contribution in [0.5, 0.6) is 0 Å². The quantitative estimate of drug-likeness (QED) is 0.566. The molecule has 1 aromatic heterocycles. The number of benzene rings is 2. The molecule has 4 nitrogen and oxygen atoms in total. The number of alkyl halides is 3. The molecule has 1 aliphatic heterocycles. The smallest absolute Gasteiger partial charge is 0.416 e. The van der Waals surface area contributed by atoms with Gasteiger partial charge in [0.15, 0.2) is 0 Å². The lowest BCUT2D eigenvalue weighted by Gasteiger charge is -2.13. The molecule has 0 amide bonds. The average molecular weight is 419 g/mol. The van der Waals surface area contributed by atoms with Crippen molar-refractivity contribution in [2.45, 2.75) is 30.8 Å². The summed E-state index contributed by atoms with van der Waals surface area (Å²) in [5, 5.41) is 10.5. The van der Waals surface area contributed by atoms with Crippen LogP contribution >= 0.6 is 11.8 Å². The van der Waals surface area contributed by atoms with Gasteiger partial charge in [-0.1, -0.05) is 24.3 Å². The molecule has 0 saturated carbocycles. The molecular formula is C21H16F3NO3S. The molecule has 2 heterocycles. The first-order chi connectivity index (χ1) is 13.7. The number of thioether (sulfide) groups is 1. The van der Waals surface area contributed by atoms with Crippen LogP contribution in [0.3, 0.4) is 0 Å². The number of hydrogen-bond acceptors (Lipinski definition) is 4. The largest absolute Gasteiger partial charge is 0.478 e. The van der Waals surface area contributed by atoms with Crippen molar-refractivity contribution in [3.63, 3.8) is 0 Å².